The third-order valence-electron chi connectivity index (χ3n) is 7.51. The van der Waals surface area contributed by atoms with E-state index in [1.807, 2.05) is 30.3 Å². The van der Waals surface area contributed by atoms with E-state index in [1.54, 1.807) is 0 Å². The molecule has 0 amide bonds. The van der Waals surface area contributed by atoms with Crippen LogP contribution in [0.3, 0.4) is 0 Å². The van der Waals surface area contributed by atoms with Crippen molar-refractivity contribution < 1.29 is 87.8 Å². The molecule has 0 aliphatic carbocycles. The molecule has 0 unspecified atom stereocenters. The van der Waals surface area contributed by atoms with Crippen molar-refractivity contribution in [2.75, 3.05) is 5.73 Å². The Morgan fingerprint density at radius 3 is 0.538 bits per heavy atom. The molecule has 0 saturated heterocycles. The van der Waals surface area contributed by atoms with Crippen LogP contribution in [0, 0.1) is 116 Å². The first-order chi connectivity index (χ1) is 24.1. The molecule has 0 atom stereocenters. The van der Waals surface area contributed by atoms with E-state index < -0.39 is 144 Å². The quantitative estimate of drug-likeness (QED) is 0.0682. The lowest BCUT2D eigenvalue weighted by molar-refractivity contribution is 0.378. The normalized spacial score (nSPS) is 11.5. The van der Waals surface area contributed by atoms with Crippen molar-refractivity contribution in [3.05, 3.63) is 147 Å². The second-order valence-electron chi connectivity index (χ2n) is 10.2. The second kappa shape index (κ2) is 13.9. The molecule has 5 aromatic rings. The topological polar surface area (TPSA) is 26.0 Å². The first-order valence-electron chi connectivity index (χ1n) is 13.1. The fourth-order valence-electron chi connectivity index (χ4n) is 5.33. The Morgan fingerprint density at radius 1 is 0.250 bits per heavy atom. The van der Waals surface area contributed by atoms with Crippen LogP contribution in [0.25, 0.3) is 0 Å². The highest BCUT2D eigenvalue weighted by molar-refractivity contribution is 7.20. The number of hydrogen-bond acceptors (Lipinski definition) is 1. The summed E-state index contributed by atoms with van der Waals surface area (Å²) in [7, 11) is 0. The number of anilines is 1. The van der Waals surface area contributed by atoms with Crippen molar-refractivity contribution in [1.82, 2.24) is 0 Å². The fraction of sp³-hybridized carbons (Fsp3) is 0. The van der Waals surface area contributed by atoms with Gasteiger partial charge >= 0.3 is 0 Å². The predicted octanol–water partition coefficient (Wildman–Crippen LogP) is 7.11. The SMILES string of the molecule is Fc1c(F)c(F)c([B-](c2c(F)c(F)c(F)c(F)c2F)(c2c(F)c(F)c(F)c(F)c2F)c2c(F)c(F)c(F)c(F)c2F)c(F)c1F.Nc1ccccc1. The summed E-state index contributed by atoms with van der Waals surface area (Å²) in [5.41, 5.74) is -8.15. The van der Waals surface area contributed by atoms with Gasteiger partial charge in [0.1, 0.15) is 52.7 Å². The average Bonchev–Trinajstić information content (AvgIpc) is 3.12. The van der Waals surface area contributed by atoms with Crippen LogP contribution in [0.1, 0.15) is 0 Å². The van der Waals surface area contributed by atoms with Gasteiger partial charge < -0.3 is 5.73 Å². The number of benzene rings is 5. The molecule has 0 aliphatic rings. The summed E-state index contributed by atoms with van der Waals surface area (Å²) in [5.74, 6) is -71.4. The third kappa shape index (κ3) is 5.63. The van der Waals surface area contributed by atoms with Crippen molar-refractivity contribution in [1.29, 1.82) is 0 Å². The minimum Gasteiger partial charge on any atom is -0.399 e. The molecule has 52 heavy (non-hydrogen) atoms. The lowest BCUT2D eigenvalue weighted by atomic mass is 9.12. The van der Waals surface area contributed by atoms with E-state index in [9.17, 15) is 52.7 Å². The largest absolute Gasteiger partial charge is 0.399 e. The van der Waals surface area contributed by atoms with Gasteiger partial charge in [0.15, 0.2) is 69.8 Å². The molecule has 0 heterocycles. The van der Waals surface area contributed by atoms with Crippen LogP contribution in [0.4, 0.5) is 93.5 Å². The van der Waals surface area contributed by atoms with Gasteiger partial charge in [-0.3, -0.25) is 0 Å². The summed E-state index contributed by atoms with van der Waals surface area (Å²) in [6, 6.07) is 9.49. The van der Waals surface area contributed by atoms with Crippen LogP contribution >= 0.6 is 0 Å². The van der Waals surface area contributed by atoms with E-state index >= 15 is 35.1 Å². The van der Waals surface area contributed by atoms with E-state index in [4.69, 9.17) is 5.73 Å². The highest BCUT2D eigenvalue weighted by Crippen LogP contribution is 2.30. The van der Waals surface area contributed by atoms with E-state index in [0.717, 1.165) is 5.69 Å². The van der Waals surface area contributed by atoms with E-state index in [0.29, 0.717) is 0 Å². The lowest BCUT2D eigenvalue weighted by Gasteiger charge is -2.44. The Hall–Kier alpha value is -5.44. The average molecular weight is 772 g/mol. The van der Waals surface area contributed by atoms with Crippen LogP contribution in [0.2, 0.25) is 0 Å². The summed E-state index contributed by atoms with van der Waals surface area (Å²) >= 11 is 0. The predicted molar refractivity (Wildman–Crippen MR) is 140 cm³/mol. The monoisotopic (exact) mass is 772 g/mol. The van der Waals surface area contributed by atoms with Crippen molar-refractivity contribution in [3.8, 4) is 0 Å². The zero-order valence-electron chi connectivity index (χ0n) is 24.1. The molecular weight excluding hydrogens is 765 g/mol. The van der Waals surface area contributed by atoms with Crippen LogP contribution in [-0.4, -0.2) is 6.15 Å². The first kappa shape index (κ1) is 39.4. The van der Waals surface area contributed by atoms with Crippen LogP contribution in [0.15, 0.2) is 30.3 Å². The third-order valence-corrected chi connectivity index (χ3v) is 7.51. The Morgan fingerprint density at radius 2 is 0.404 bits per heavy atom. The smallest absolute Gasteiger partial charge is 0.200 e. The van der Waals surface area contributed by atoms with E-state index in [2.05, 4.69) is 0 Å². The highest BCUT2D eigenvalue weighted by Gasteiger charge is 2.52. The molecule has 5 aromatic carbocycles. The zero-order chi connectivity index (χ0) is 39.5. The Balaban J connectivity index is 0.000000771. The molecule has 0 saturated carbocycles. The van der Waals surface area contributed by atoms with Gasteiger partial charge in [-0.2, -0.15) is 0 Å². The maximum absolute atomic E-state index is 15.4. The van der Waals surface area contributed by atoms with E-state index in [-0.39, 0.29) is 0 Å². The van der Waals surface area contributed by atoms with Crippen molar-refractivity contribution in [2.45, 2.75) is 0 Å². The number of para-hydroxylation sites is 1. The Labute approximate surface area is 274 Å². The van der Waals surface area contributed by atoms with Gasteiger partial charge in [-0.1, -0.05) is 18.2 Å². The maximum Gasteiger partial charge on any atom is 0.200 e. The van der Waals surface area contributed by atoms with Gasteiger partial charge in [-0.15, -0.1) is 21.9 Å². The second-order valence-corrected chi connectivity index (χ2v) is 10.2. The summed E-state index contributed by atoms with van der Waals surface area (Å²) < 4.78 is 294. The number of halogens is 20. The van der Waals surface area contributed by atoms with Gasteiger partial charge in [0.05, 0.1) is 0 Å². The molecule has 0 aromatic heterocycles. The number of hydrogen-bond donors (Lipinski definition) is 1. The fourth-order valence-corrected chi connectivity index (χ4v) is 5.33. The number of nitrogens with two attached hydrogens (primary N) is 1. The minimum absolute atomic E-state index is 0.822. The maximum atomic E-state index is 15.4. The first-order valence-corrected chi connectivity index (χ1v) is 13.1. The standard InChI is InChI=1S/C24BF20.C6H7N/c26-5-1(6(27)14(35)21(42)13(5)34)25(2-7(28)15(36)22(43)16(37)8(2)29,3-9(30)17(38)23(44)18(39)10(3)31)4-11(32)19(40)24(45)20(41)12(4)33;7-6-4-2-1-3-5-6/h;1-5H,7H2/q-1;. The summed E-state index contributed by atoms with van der Waals surface area (Å²) in [5, 5.41) is 0. The Kier molecular flexibility index (Phi) is 10.6. The van der Waals surface area contributed by atoms with Gasteiger partial charge in [-0.25, -0.2) is 87.8 Å². The molecule has 0 aliphatic heterocycles. The molecule has 22 heteroatoms. The molecule has 2 N–H and O–H groups in total. The summed E-state index contributed by atoms with van der Waals surface area (Å²) in [4.78, 5) is 0. The van der Waals surface area contributed by atoms with Gasteiger partial charge in [0.2, 0.25) is 0 Å². The molecule has 276 valence electrons. The minimum atomic E-state index is -7.22. The van der Waals surface area contributed by atoms with Gasteiger partial charge in [0.25, 0.3) is 0 Å². The molecular formula is C30H7BF20N-. The summed E-state index contributed by atoms with van der Waals surface area (Å²) in [6.07, 6.45) is -7.22. The van der Waals surface area contributed by atoms with E-state index in [1.165, 1.54) is 0 Å². The molecule has 1 nitrogen and oxygen atoms in total. The van der Waals surface area contributed by atoms with Crippen LogP contribution < -0.4 is 27.6 Å². The van der Waals surface area contributed by atoms with Gasteiger partial charge in [0, 0.05) is 5.69 Å². The number of rotatable bonds is 4. The molecule has 0 bridgehead atoms. The Bertz CT molecular complexity index is 1880. The van der Waals surface area contributed by atoms with Crippen LogP contribution in [0.5, 0.6) is 0 Å². The zero-order valence-corrected chi connectivity index (χ0v) is 24.1. The molecule has 5 rings (SSSR count). The van der Waals surface area contributed by atoms with Crippen molar-refractivity contribution in [2.24, 2.45) is 0 Å². The van der Waals surface area contributed by atoms with Crippen LogP contribution in [-0.2, 0) is 0 Å². The highest BCUT2D eigenvalue weighted by atomic mass is 19.2. The van der Waals surface area contributed by atoms with Gasteiger partial charge in [-0.05, 0) is 12.1 Å². The van der Waals surface area contributed by atoms with Crippen molar-refractivity contribution >= 4 is 33.7 Å². The molecule has 0 fully saturated rings. The number of nitrogen functional groups attached to an aromatic ring is 1. The lowest BCUT2D eigenvalue weighted by Crippen LogP contribution is -2.81. The molecule has 0 radical (unpaired) electrons. The molecule has 0 spiro atoms. The van der Waals surface area contributed by atoms with Crippen molar-refractivity contribution in [3.63, 3.8) is 0 Å². The summed E-state index contributed by atoms with van der Waals surface area (Å²) in [6.45, 7) is 0.